The molecule has 84 valence electrons. The number of rotatable bonds is 3. The van der Waals surface area contributed by atoms with Crippen LogP contribution in [0, 0.1) is 17.2 Å². The van der Waals surface area contributed by atoms with Crippen LogP contribution in [0.1, 0.15) is 25.3 Å². The molecule has 1 aromatic rings. The highest BCUT2D eigenvalue weighted by Crippen LogP contribution is 2.33. The van der Waals surface area contributed by atoms with Gasteiger partial charge in [-0.05, 0) is 30.5 Å². The van der Waals surface area contributed by atoms with Crippen molar-refractivity contribution in [2.24, 2.45) is 5.92 Å². The Morgan fingerprint density at radius 1 is 1.50 bits per heavy atom. The van der Waals surface area contributed by atoms with Crippen LogP contribution in [0.5, 0.6) is 0 Å². The lowest BCUT2D eigenvalue weighted by Crippen LogP contribution is -2.46. The second-order valence-electron chi connectivity index (χ2n) is 4.34. The molecule has 1 aromatic carbocycles. The maximum Gasteiger partial charge on any atom is 0.0992 e. The maximum absolute atomic E-state index is 8.85. The van der Waals surface area contributed by atoms with E-state index in [1.165, 1.54) is 12.8 Å². The van der Waals surface area contributed by atoms with Crippen LogP contribution in [-0.4, -0.2) is 13.1 Å². The molecule has 3 heteroatoms. The van der Waals surface area contributed by atoms with E-state index in [4.69, 9.17) is 16.9 Å². The van der Waals surface area contributed by atoms with Gasteiger partial charge in [0.25, 0.3) is 0 Å². The highest BCUT2D eigenvalue weighted by molar-refractivity contribution is 6.33. The summed E-state index contributed by atoms with van der Waals surface area (Å²) < 4.78 is 0. The molecule has 0 bridgehead atoms. The molecule has 0 radical (unpaired) electrons. The molecule has 2 nitrogen and oxygen atoms in total. The molecule has 0 aromatic heterocycles. The van der Waals surface area contributed by atoms with E-state index in [1.807, 2.05) is 12.1 Å². The van der Waals surface area contributed by atoms with E-state index in [-0.39, 0.29) is 0 Å². The van der Waals surface area contributed by atoms with Crippen LogP contribution in [0.2, 0.25) is 5.02 Å². The first-order valence-electron chi connectivity index (χ1n) is 5.69. The fourth-order valence-electron chi connectivity index (χ4n) is 2.18. The average Bonchev–Trinajstić information content (AvgIpc) is 2.24. The van der Waals surface area contributed by atoms with Gasteiger partial charge in [-0.2, -0.15) is 5.26 Å². The molecule has 0 amide bonds. The van der Waals surface area contributed by atoms with Crippen molar-refractivity contribution in [1.29, 1.82) is 5.26 Å². The lowest BCUT2D eigenvalue weighted by Gasteiger charge is -2.41. The van der Waals surface area contributed by atoms with Gasteiger partial charge < -0.3 is 4.90 Å². The van der Waals surface area contributed by atoms with Crippen LogP contribution in [0.15, 0.2) is 18.2 Å². The molecule has 1 heterocycles. The van der Waals surface area contributed by atoms with Crippen LogP contribution in [0.4, 0.5) is 5.69 Å². The van der Waals surface area contributed by atoms with Crippen molar-refractivity contribution < 1.29 is 0 Å². The Hall–Kier alpha value is -1.20. The Morgan fingerprint density at radius 3 is 2.88 bits per heavy atom. The largest absolute Gasteiger partial charge is 0.370 e. The van der Waals surface area contributed by atoms with Crippen LogP contribution in [0.25, 0.3) is 0 Å². The number of halogens is 1. The number of hydrogen-bond donors (Lipinski definition) is 0. The zero-order valence-electron chi connectivity index (χ0n) is 9.41. The third-order valence-electron chi connectivity index (χ3n) is 3.07. The molecule has 0 saturated carbocycles. The highest BCUT2D eigenvalue weighted by Gasteiger charge is 2.27. The molecule has 1 saturated heterocycles. The molecular weight excluding hydrogens is 220 g/mol. The molecule has 0 atom stereocenters. The van der Waals surface area contributed by atoms with E-state index >= 15 is 0 Å². The van der Waals surface area contributed by atoms with Gasteiger partial charge in [0, 0.05) is 13.1 Å². The lowest BCUT2D eigenvalue weighted by atomic mass is 9.94. The minimum Gasteiger partial charge on any atom is -0.370 e. The Labute approximate surface area is 101 Å². The van der Waals surface area contributed by atoms with E-state index in [1.54, 1.807) is 6.07 Å². The number of anilines is 1. The Bertz CT molecular complexity index is 416. The lowest BCUT2D eigenvalue weighted by molar-refractivity contribution is 0.381. The topological polar surface area (TPSA) is 27.0 Å². The smallest absolute Gasteiger partial charge is 0.0992 e. The summed E-state index contributed by atoms with van der Waals surface area (Å²) in [6, 6.07) is 7.60. The molecular formula is C13H15ClN2. The van der Waals surface area contributed by atoms with Gasteiger partial charge in [-0.25, -0.2) is 0 Å². The van der Waals surface area contributed by atoms with Crippen molar-refractivity contribution in [1.82, 2.24) is 0 Å². The average molecular weight is 235 g/mol. The molecule has 0 spiro atoms. The van der Waals surface area contributed by atoms with Gasteiger partial charge in [0.1, 0.15) is 0 Å². The fraction of sp³-hybridized carbons (Fsp3) is 0.462. The fourth-order valence-corrected chi connectivity index (χ4v) is 2.42. The van der Waals surface area contributed by atoms with Gasteiger partial charge in [0.05, 0.1) is 22.3 Å². The monoisotopic (exact) mass is 234 g/mol. The summed E-state index contributed by atoms with van der Waals surface area (Å²) >= 11 is 6.13. The Morgan fingerprint density at radius 2 is 2.25 bits per heavy atom. The summed E-state index contributed by atoms with van der Waals surface area (Å²) in [4.78, 5) is 2.25. The first-order valence-corrected chi connectivity index (χ1v) is 6.07. The van der Waals surface area contributed by atoms with Gasteiger partial charge in [0.2, 0.25) is 0 Å². The van der Waals surface area contributed by atoms with E-state index in [9.17, 15) is 0 Å². The minimum absolute atomic E-state index is 0.679. The molecule has 16 heavy (non-hydrogen) atoms. The summed E-state index contributed by atoms with van der Waals surface area (Å²) in [5, 5.41) is 9.59. The summed E-state index contributed by atoms with van der Waals surface area (Å²) in [6.07, 6.45) is 2.52. The van der Waals surface area contributed by atoms with Gasteiger partial charge in [0.15, 0.2) is 0 Å². The van der Waals surface area contributed by atoms with Gasteiger partial charge >= 0.3 is 0 Å². The van der Waals surface area contributed by atoms with Crippen LogP contribution in [-0.2, 0) is 0 Å². The van der Waals surface area contributed by atoms with E-state index in [0.29, 0.717) is 5.56 Å². The first kappa shape index (κ1) is 11.3. The van der Waals surface area contributed by atoms with Crippen molar-refractivity contribution in [2.45, 2.75) is 19.8 Å². The first-order chi connectivity index (χ1) is 7.74. The molecule has 0 N–H and O–H groups in total. The number of nitrogens with zero attached hydrogens (tertiary/aromatic N) is 2. The predicted molar refractivity (Wildman–Crippen MR) is 66.8 cm³/mol. The van der Waals surface area contributed by atoms with Gasteiger partial charge in [-0.3, -0.25) is 0 Å². The SMILES string of the molecule is CCCC1CN(c2cc(C#N)ccc2Cl)C1. The molecule has 0 aliphatic carbocycles. The second kappa shape index (κ2) is 4.76. The summed E-state index contributed by atoms with van der Waals surface area (Å²) in [7, 11) is 0. The highest BCUT2D eigenvalue weighted by atomic mass is 35.5. The number of nitriles is 1. The van der Waals surface area contributed by atoms with Crippen LogP contribution < -0.4 is 4.90 Å². The molecule has 2 rings (SSSR count). The van der Waals surface area contributed by atoms with Gasteiger partial charge in [-0.15, -0.1) is 0 Å². The zero-order chi connectivity index (χ0) is 11.5. The third-order valence-corrected chi connectivity index (χ3v) is 3.39. The summed E-state index contributed by atoms with van der Waals surface area (Å²) in [5.74, 6) is 0.798. The van der Waals surface area contributed by atoms with Crippen molar-refractivity contribution in [3.8, 4) is 6.07 Å². The van der Waals surface area contributed by atoms with Crippen LogP contribution >= 0.6 is 11.6 Å². The Balaban J connectivity index is 2.08. The zero-order valence-corrected chi connectivity index (χ0v) is 10.2. The normalized spacial score (nSPS) is 15.7. The number of benzene rings is 1. The Kier molecular flexibility index (Phi) is 3.36. The maximum atomic E-state index is 8.85. The third kappa shape index (κ3) is 2.15. The summed E-state index contributed by atoms with van der Waals surface area (Å²) in [6.45, 7) is 4.36. The number of hydrogen-bond acceptors (Lipinski definition) is 2. The van der Waals surface area contributed by atoms with Crippen molar-refractivity contribution in [3.63, 3.8) is 0 Å². The van der Waals surface area contributed by atoms with E-state index in [2.05, 4.69) is 17.9 Å². The minimum atomic E-state index is 0.679. The summed E-state index contributed by atoms with van der Waals surface area (Å²) in [5.41, 5.74) is 1.69. The van der Waals surface area contributed by atoms with Crippen LogP contribution in [0.3, 0.4) is 0 Å². The molecule has 1 aliphatic heterocycles. The standard InChI is InChI=1S/C13H15ClN2/c1-2-3-11-8-16(9-11)13-6-10(7-15)4-5-12(13)14/h4-6,11H,2-3,8-9H2,1H3. The van der Waals surface area contributed by atoms with Crippen molar-refractivity contribution in [2.75, 3.05) is 18.0 Å². The van der Waals surface area contributed by atoms with E-state index in [0.717, 1.165) is 29.7 Å². The van der Waals surface area contributed by atoms with Crippen molar-refractivity contribution in [3.05, 3.63) is 28.8 Å². The molecule has 1 fully saturated rings. The second-order valence-corrected chi connectivity index (χ2v) is 4.74. The quantitative estimate of drug-likeness (QED) is 0.801. The molecule has 1 aliphatic rings. The predicted octanol–water partition coefficient (Wildman–Crippen LogP) is 3.45. The molecule has 0 unspecified atom stereocenters. The van der Waals surface area contributed by atoms with E-state index < -0.39 is 0 Å². The van der Waals surface area contributed by atoms with Crippen molar-refractivity contribution >= 4 is 17.3 Å². The van der Waals surface area contributed by atoms with Gasteiger partial charge in [-0.1, -0.05) is 24.9 Å².